The standard InChI is InChI=1S/C32H33NO10/c1-17(34)14-20(30(39)43-26(29(37)38)18-6-4-3-5-7-18)16-24(36)41-22-10-11-32(40)23-15-19-8-9-21(35)27-25(19)31(32,28(22)42-27)12-13-33(23)2/h3-10,20,23,26,28,35,40H,11-16H2,1-2H3,(H,37,38)/t20-,23+,26-,28-,31-,32+/m0/s1. The van der Waals surface area contributed by atoms with E-state index in [4.69, 9.17) is 14.2 Å². The Morgan fingerprint density at radius 1 is 1.12 bits per heavy atom. The quantitative estimate of drug-likeness (QED) is 0.368. The van der Waals surface area contributed by atoms with Gasteiger partial charge < -0.3 is 39.2 Å². The summed E-state index contributed by atoms with van der Waals surface area (Å²) in [6.45, 7) is 1.91. The number of aliphatic carboxylic acids is 1. The Labute approximate surface area is 247 Å². The molecule has 0 radical (unpaired) electrons. The van der Waals surface area contributed by atoms with Crippen molar-refractivity contribution in [3.63, 3.8) is 0 Å². The summed E-state index contributed by atoms with van der Waals surface area (Å²) in [7, 11) is 1.97. The molecule has 2 aliphatic carbocycles. The number of ether oxygens (including phenoxy) is 3. The lowest BCUT2D eigenvalue weighted by atomic mass is 9.50. The second-order valence-corrected chi connectivity index (χ2v) is 11.9. The van der Waals surface area contributed by atoms with E-state index in [0.717, 1.165) is 11.1 Å². The molecule has 43 heavy (non-hydrogen) atoms. The van der Waals surface area contributed by atoms with E-state index in [-0.39, 0.29) is 47.5 Å². The van der Waals surface area contributed by atoms with Gasteiger partial charge in [-0.25, -0.2) is 4.79 Å². The number of phenolic OH excluding ortho intramolecular Hbond substituents is 1. The van der Waals surface area contributed by atoms with Gasteiger partial charge in [-0.05, 0) is 51.1 Å². The molecule has 2 aromatic rings. The van der Waals surface area contributed by atoms with E-state index in [0.29, 0.717) is 19.4 Å². The van der Waals surface area contributed by atoms with Crippen LogP contribution in [0.1, 0.15) is 55.4 Å². The molecule has 2 aromatic carbocycles. The van der Waals surface area contributed by atoms with Crippen LogP contribution >= 0.6 is 0 Å². The number of nitrogens with zero attached hydrogens (tertiary/aromatic N) is 1. The Morgan fingerprint density at radius 2 is 1.86 bits per heavy atom. The van der Waals surface area contributed by atoms with Gasteiger partial charge in [0, 0.05) is 30.0 Å². The van der Waals surface area contributed by atoms with Gasteiger partial charge in [0.05, 0.1) is 23.4 Å². The molecule has 0 amide bonds. The molecule has 1 spiro atoms. The summed E-state index contributed by atoms with van der Waals surface area (Å²) in [6.07, 6.45) is -0.552. The van der Waals surface area contributed by atoms with Crippen LogP contribution in [0.15, 0.2) is 54.3 Å². The van der Waals surface area contributed by atoms with Gasteiger partial charge in [0.1, 0.15) is 11.5 Å². The Hall–Kier alpha value is -4.22. The van der Waals surface area contributed by atoms with Crippen molar-refractivity contribution in [2.75, 3.05) is 13.6 Å². The van der Waals surface area contributed by atoms with Crippen LogP contribution in [0.4, 0.5) is 0 Å². The highest BCUT2D eigenvalue weighted by atomic mass is 16.6. The van der Waals surface area contributed by atoms with E-state index >= 15 is 0 Å². The number of ketones is 1. The number of phenols is 1. The minimum absolute atomic E-state index is 0.0661. The number of hydrogen-bond acceptors (Lipinski definition) is 10. The highest BCUT2D eigenvalue weighted by Crippen LogP contribution is 2.65. The van der Waals surface area contributed by atoms with Crippen molar-refractivity contribution in [2.24, 2.45) is 5.92 Å². The van der Waals surface area contributed by atoms with E-state index in [1.54, 1.807) is 30.3 Å². The van der Waals surface area contributed by atoms with Crippen molar-refractivity contribution < 1.29 is 48.7 Å². The number of carbonyl (C=O) groups excluding carboxylic acids is 3. The number of esters is 2. The molecule has 4 aliphatic rings. The lowest BCUT2D eigenvalue weighted by Crippen LogP contribution is -2.74. The first-order valence-corrected chi connectivity index (χ1v) is 14.3. The van der Waals surface area contributed by atoms with Gasteiger partial charge in [-0.15, -0.1) is 0 Å². The third-order valence-electron chi connectivity index (χ3n) is 9.43. The number of Topliss-reactive ketones (excluding diaryl/α,β-unsaturated/α-hetero) is 1. The van der Waals surface area contributed by atoms with Gasteiger partial charge in [0.15, 0.2) is 17.6 Å². The van der Waals surface area contributed by atoms with Gasteiger partial charge in [-0.2, -0.15) is 0 Å². The molecule has 0 saturated carbocycles. The van der Waals surface area contributed by atoms with Crippen LogP contribution in [0.3, 0.4) is 0 Å². The molecule has 0 aromatic heterocycles. The summed E-state index contributed by atoms with van der Waals surface area (Å²) in [5.74, 6) is -4.56. The number of benzene rings is 2. The predicted octanol–water partition coefficient (Wildman–Crippen LogP) is 2.57. The molecule has 6 atom stereocenters. The maximum Gasteiger partial charge on any atom is 0.349 e. The lowest BCUT2D eigenvalue weighted by molar-refractivity contribution is -0.172. The zero-order valence-electron chi connectivity index (χ0n) is 23.8. The molecule has 11 heteroatoms. The molecule has 2 aliphatic heterocycles. The molecule has 11 nitrogen and oxygen atoms in total. The number of rotatable bonds is 9. The molecule has 3 N–H and O–H groups in total. The minimum Gasteiger partial charge on any atom is -0.504 e. The van der Waals surface area contributed by atoms with Crippen molar-refractivity contribution >= 4 is 23.7 Å². The minimum atomic E-state index is -1.62. The number of likely N-dealkylation sites (tertiary alicyclic amines) is 1. The Morgan fingerprint density at radius 3 is 2.56 bits per heavy atom. The molecular weight excluding hydrogens is 558 g/mol. The fourth-order valence-corrected chi connectivity index (χ4v) is 7.50. The average Bonchev–Trinajstić information content (AvgIpc) is 3.32. The van der Waals surface area contributed by atoms with Gasteiger partial charge in [-0.3, -0.25) is 9.59 Å². The zero-order chi connectivity index (χ0) is 30.7. The van der Waals surface area contributed by atoms with E-state index in [1.807, 2.05) is 13.1 Å². The van der Waals surface area contributed by atoms with Crippen LogP contribution in [0, 0.1) is 5.92 Å². The smallest absolute Gasteiger partial charge is 0.349 e. The second kappa shape index (κ2) is 10.5. The number of likely N-dealkylation sites (N-methyl/N-ethyl adjacent to an activating group) is 1. The van der Waals surface area contributed by atoms with Crippen molar-refractivity contribution in [1.82, 2.24) is 4.90 Å². The number of carboxylic acid groups (broad SMARTS) is 1. The second-order valence-electron chi connectivity index (χ2n) is 11.9. The summed E-state index contributed by atoms with van der Waals surface area (Å²) < 4.78 is 17.4. The summed E-state index contributed by atoms with van der Waals surface area (Å²) in [5, 5.41) is 32.6. The third kappa shape index (κ3) is 4.49. The monoisotopic (exact) mass is 591 g/mol. The van der Waals surface area contributed by atoms with Crippen LogP contribution in [0.2, 0.25) is 0 Å². The van der Waals surface area contributed by atoms with E-state index in [1.165, 1.54) is 19.1 Å². The maximum atomic E-state index is 13.3. The van der Waals surface area contributed by atoms with Gasteiger partial charge in [-0.1, -0.05) is 36.4 Å². The van der Waals surface area contributed by atoms with Gasteiger partial charge in [0.2, 0.25) is 6.10 Å². The molecule has 2 bridgehead atoms. The molecule has 226 valence electrons. The summed E-state index contributed by atoms with van der Waals surface area (Å²) in [6, 6.07) is 11.1. The molecule has 2 heterocycles. The van der Waals surface area contributed by atoms with Crippen LogP contribution in [-0.2, 0) is 40.5 Å². The van der Waals surface area contributed by atoms with Gasteiger partial charge >= 0.3 is 17.9 Å². The molecule has 1 fully saturated rings. The fourth-order valence-electron chi connectivity index (χ4n) is 7.50. The number of carboxylic acids is 1. The average molecular weight is 592 g/mol. The zero-order valence-corrected chi connectivity index (χ0v) is 23.8. The highest BCUT2D eigenvalue weighted by molar-refractivity contribution is 5.88. The third-order valence-corrected chi connectivity index (χ3v) is 9.43. The van der Waals surface area contributed by atoms with Crippen molar-refractivity contribution in [1.29, 1.82) is 0 Å². The lowest BCUT2D eigenvalue weighted by Gasteiger charge is -2.61. The van der Waals surface area contributed by atoms with Crippen molar-refractivity contribution in [3.05, 3.63) is 71.0 Å². The summed E-state index contributed by atoms with van der Waals surface area (Å²) >= 11 is 0. The SMILES string of the molecule is CC(=O)C[C@@H](CC(=O)OC1=CC[C@@]2(O)[C@H]3Cc4ccc(O)c5c4[C@@]2(CCN3C)[C@H]1O5)C(=O)O[C@H](C(=O)O)c1ccccc1. The number of piperidine rings is 1. The molecular formula is C32H33NO10. The number of hydrogen-bond donors (Lipinski definition) is 3. The maximum absolute atomic E-state index is 13.3. The normalized spacial score (nSPS) is 28.0. The van der Waals surface area contributed by atoms with E-state index in [9.17, 15) is 34.5 Å². The molecule has 6 rings (SSSR count). The summed E-state index contributed by atoms with van der Waals surface area (Å²) in [5.41, 5.74) is -0.268. The van der Waals surface area contributed by atoms with Crippen LogP contribution in [-0.4, -0.2) is 75.2 Å². The number of aromatic hydroxyl groups is 1. The topological polar surface area (TPSA) is 160 Å². The van der Waals surface area contributed by atoms with Crippen LogP contribution < -0.4 is 4.74 Å². The Bertz CT molecular complexity index is 1540. The largest absolute Gasteiger partial charge is 0.504 e. The Balaban J connectivity index is 1.25. The first-order valence-electron chi connectivity index (χ1n) is 14.3. The van der Waals surface area contributed by atoms with Crippen molar-refractivity contribution in [2.45, 2.75) is 68.3 Å². The molecule has 1 saturated heterocycles. The van der Waals surface area contributed by atoms with E-state index < -0.39 is 53.5 Å². The number of aliphatic hydroxyl groups is 1. The predicted molar refractivity (Wildman–Crippen MR) is 149 cm³/mol. The van der Waals surface area contributed by atoms with Gasteiger partial charge in [0.25, 0.3) is 0 Å². The number of carbonyl (C=O) groups is 4. The summed E-state index contributed by atoms with van der Waals surface area (Å²) in [4.78, 5) is 52.5. The molecule has 0 unspecified atom stereocenters. The first kappa shape index (κ1) is 28.9. The Kier molecular flexibility index (Phi) is 7.05. The highest BCUT2D eigenvalue weighted by Gasteiger charge is 2.72. The first-order chi connectivity index (χ1) is 20.5. The van der Waals surface area contributed by atoms with Crippen LogP contribution in [0.25, 0.3) is 0 Å². The fraction of sp³-hybridized carbons (Fsp3) is 0.438. The van der Waals surface area contributed by atoms with Crippen LogP contribution in [0.5, 0.6) is 11.5 Å². The van der Waals surface area contributed by atoms with Crippen molar-refractivity contribution in [3.8, 4) is 11.5 Å². The van der Waals surface area contributed by atoms with E-state index in [2.05, 4.69) is 4.90 Å².